The Bertz CT molecular complexity index is 1510. The van der Waals surface area contributed by atoms with Crippen LogP contribution in [0.1, 0.15) is 79.6 Å². The molecule has 574 valence electrons. The molecule has 0 saturated carbocycles. The highest BCUT2D eigenvalue weighted by molar-refractivity contribution is 7.86. The number of nitrogens with two attached hydrogens (primary N) is 4. The Morgan fingerprint density at radius 2 is 0.628 bits per heavy atom. The molecule has 0 aliphatic carbocycles. The Hall–Kier alpha value is 1.62. The largest absolute Gasteiger partial charge is 0.439 e. The first-order chi connectivity index (χ1) is 42.5. The predicted octanol–water partition coefficient (Wildman–Crippen LogP) is 6.18. The SMILES string of the molecule is CC.CCCCN.CCCCN.CCCCNCCN.C[SiH2][Si](C)=O.C[Si](C)(C)O[Si](C)(C)O[Si](O[SiH2]O)([SiH2]O)[Si](O)([SiH2]O)[Si](C)(C)CCCNCCN.C[Si](C)=O.C[Si](C)=O.C[Si](C)=O.C[Si](C)=O.C[Si](C)=O.C[Si](C)=O.C[Si](C)=O.C[Si](C)=O.C[Si](C)=O.C[Si](C)=O. The maximum absolute atomic E-state index is 12.0. The fraction of sp³-hybridized carbons (Fsp3) is 1.00. The Labute approximate surface area is 608 Å². The highest BCUT2D eigenvalue weighted by atomic mass is 30.0. The molecule has 0 saturated heterocycles. The van der Waals surface area contributed by atoms with Gasteiger partial charge in [-0.05, 0) is 222 Å². The minimum atomic E-state index is -3.48. The van der Waals surface area contributed by atoms with Gasteiger partial charge in [0.2, 0.25) is 24.4 Å². The van der Waals surface area contributed by atoms with Crippen LogP contribution in [-0.4, -0.2) is 243 Å². The maximum Gasteiger partial charge on any atom is 0.331 e. The molecule has 0 aromatic rings. The summed E-state index contributed by atoms with van der Waals surface area (Å²) < 4.78 is 125. The highest BCUT2D eigenvalue weighted by Crippen LogP contribution is 2.33. The van der Waals surface area contributed by atoms with Crippen LogP contribution in [0.4, 0.5) is 0 Å². The second-order valence-electron chi connectivity index (χ2n) is 23.8. The van der Waals surface area contributed by atoms with Crippen LogP contribution >= 0.6 is 0 Å². The van der Waals surface area contributed by atoms with Crippen LogP contribution < -0.4 is 33.6 Å². The molecule has 14 N–H and O–H groups in total. The molecule has 0 heterocycles. The molecule has 0 radical (unpaired) electrons. The summed E-state index contributed by atoms with van der Waals surface area (Å²) in [6.07, 6.45) is 8.16. The molecule has 0 fully saturated rings. The van der Waals surface area contributed by atoms with Gasteiger partial charge in [-0.2, -0.15) is 0 Å². The van der Waals surface area contributed by atoms with Crippen molar-refractivity contribution in [1.29, 1.82) is 0 Å². The molecule has 0 rings (SSSR count). The third kappa shape index (κ3) is 219. The van der Waals surface area contributed by atoms with E-state index in [0.29, 0.717) is 6.54 Å². The normalized spacial score (nSPS) is 11.0. The summed E-state index contributed by atoms with van der Waals surface area (Å²) in [7, 11) is -28.6. The first-order valence-electron chi connectivity index (χ1n) is 32.5. The molecule has 44 heteroatoms. The van der Waals surface area contributed by atoms with Crippen LogP contribution in [0.25, 0.3) is 0 Å². The van der Waals surface area contributed by atoms with Crippen molar-refractivity contribution in [3.63, 3.8) is 0 Å². The zero-order valence-electron chi connectivity index (χ0n) is 67.0. The lowest BCUT2D eigenvalue weighted by molar-refractivity contribution is 0.329. The van der Waals surface area contributed by atoms with E-state index in [2.05, 4.69) is 70.7 Å². The van der Waals surface area contributed by atoms with Gasteiger partial charge in [-0.25, -0.2) is 0 Å². The highest BCUT2D eigenvalue weighted by Gasteiger charge is 2.68. The van der Waals surface area contributed by atoms with Crippen molar-refractivity contribution in [3.05, 3.63) is 0 Å². The first kappa shape index (κ1) is 135. The van der Waals surface area contributed by atoms with Crippen molar-refractivity contribution in [3.8, 4) is 0 Å². The average Bonchev–Trinajstić information content (AvgIpc) is 0.743. The van der Waals surface area contributed by atoms with E-state index in [1.165, 1.54) is 38.5 Å². The monoisotopic (exact) mass is 1690 g/mol. The Morgan fingerprint density at radius 3 is 0.777 bits per heavy atom. The van der Waals surface area contributed by atoms with Crippen molar-refractivity contribution in [2.75, 3.05) is 52.4 Å². The summed E-state index contributed by atoms with van der Waals surface area (Å²) in [5, 5.41) is 6.48. The molecule has 0 bridgehead atoms. The molecule has 0 aromatic heterocycles. The second kappa shape index (κ2) is 103. The van der Waals surface area contributed by atoms with Gasteiger partial charge in [0.1, 0.15) is 0 Å². The van der Waals surface area contributed by atoms with Crippen molar-refractivity contribution < 1.29 is 80.6 Å². The summed E-state index contributed by atoms with van der Waals surface area (Å²) in [6, 6.07) is 0.806. The molecule has 2 atom stereocenters. The third-order valence-corrected chi connectivity index (χ3v) is 87.0. The van der Waals surface area contributed by atoms with E-state index >= 15 is 0 Å². The predicted molar refractivity (Wildman–Crippen MR) is 443 cm³/mol. The average molecular weight is 1690 g/mol. The van der Waals surface area contributed by atoms with E-state index in [4.69, 9.17) is 35.3 Å². The lowest BCUT2D eigenvalue weighted by atomic mass is 10.3. The fourth-order valence-corrected chi connectivity index (χ4v) is 90.4. The summed E-state index contributed by atoms with van der Waals surface area (Å²) >= 11 is 0. The molecule has 2 unspecified atom stereocenters. The molecular formula is C50H156N6O18Si20. The zero-order chi connectivity index (χ0) is 79.5. The number of hydrogen-bond donors (Lipinski definition) is 10. The summed E-state index contributed by atoms with van der Waals surface area (Å²) in [5.41, 5.74) is 21.0. The number of unbranched alkanes of at least 4 members (excludes halogenated alkanes) is 3. The quantitative estimate of drug-likeness (QED) is 0.0341. The minimum absolute atomic E-state index is 0.105. The van der Waals surface area contributed by atoms with Crippen LogP contribution in [0.3, 0.4) is 0 Å². The van der Waals surface area contributed by atoms with Gasteiger partial charge in [0.25, 0.3) is 96.8 Å². The molecule has 0 spiro atoms. The van der Waals surface area contributed by atoms with E-state index < -0.39 is 163 Å². The topological polar surface area (TPSA) is 425 Å². The van der Waals surface area contributed by atoms with Gasteiger partial charge < -0.3 is 114 Å². The van der Waals surface area contributed by atoms with Crippen LogP contribution in [-0.2, 0) is 61.4 Å². The molecular weight excluding hydrogens is 1530 g/mol. The van der Waals surface area contributed by atoms with Crippen molar-refractivity contribution >= 4 is 172 Å². The van der Waals surface area contributed by atoms with Gasteiger partial charge in [0, 0.05) is 26.2 Å². The Kier molecular flexibility index (Phi) is 148. The number of rotatable bonds is 26. The van der Waals surface area contributed by atoms with Crippen molar-refractivity contribution in [1.82, 2.24) is 10.6 Å². The summed E-state index contributed by atoms with van der Waals surface area (Å²) in [4.78, 5) is 42.9. The molecule has 0 aromatic carbocycles. The van der Waals surface area contributed by atoms with Crippen LogP contribution in [0.15, 0.2) is 0 Å². The van der Waals surface area contributed by atoms with Gasteiger partial charge in [-0.3, -0.25) is 0 Å². The Morgan fingerprint density at radius 1 is 0.394 bits per heavy atom. The molecule has 0 amide bonds. The zero-order valence-corrected chi connectivity index (χ0v) is 88.6. The molecule has 0 aliphatic heterocycles. The van der Waals surface area contributed by atoms with E-state index in [0.717, 1.165) is 58.3 Å². The van der Waals surface area contributed by atoms with Crippen LogP contribution in [0.2, 0.25) is 196 Å². The van der Waals surface area contributed by atoms with Gasteiger partial charge in [-0.1, -0.05) is 79.6 Å². The molecule has 24 nitrogen and oxygen atoms in total. The lowest BCUT2D eigenvalue weighted by Gasteiger charge is -2.50. The number of hydrogen-bond acceptors (Lipinski definition) is 24. The van der Waals surface area contributed by atoms with Gasteiger partial charge in [0.05, 0.1) is 16.6 Å². The standard InChI is InChI=1S/C12H44N2O7Si8.C6H16N2.2C4H11N.C2H8OSi2.10C2H6OSi.C2H6/c1-25(2,3)20-27(6,7)21-29(24-17,19-22-15)28(18,23-16)26(4,5)12-8-10-14-11-9-13;1-2-3-5-8-6-4-7;2*1-2-3-4-5;1-4-5(2)3;10*1-4(2)3;1-2/h14-18H,8-13,22-24H2,1-7H3;8H,2-7H2,1H3;2*2-5H2,1H3;4H2,1-2H3;10*1-2H3;1-2H3. The number of nitrogens with one attached hydrogen (secondary N) is 2. The Balaban J connectivity index is -0.0000000552. The fourth-order valence-electron chi connectivity index (χ4n) is 4.58. The molecule has 0 aliphatic rings. The minimum Gasteiger partial charge on any atom is -0.439 e. The van der Waals surface area contributed by atoms with Gasteiger partial charge >= 0.3 is 16.2 Å². The maximum atomic E-state index is 12.0. The van der Waals surface area contributed by atoms with E-state index in [-0.39, 0.29) is 9.04 Å². The third-order valence-electron chi connectivity index (χ3n) is 7.56. The van der Waals surface area contributed by atoms with E-state index in [9.17, 15) is 68.3 Å². The van der Waals surface area contributed by atoms with Gasteiger partial charge in [0.15, 0.2) is 17.6 Å². The van der Waals surface area contributed by atoms with Crippen LogP contribution in [0, 0.1) is 0 Å². The van der Waals surface area contributed by atoms with E-state index in [1.807, 2.05) is 33.5 Å². The molecule has 94 heavy (non-hydrogen) atoms. The summed E-state index contributed by atoms with van der Waals surface area (Å²) in [6.45, 7) is 66.1. The lowest BCUT2D eigenvalue weighted by Crippen LogP contribution is -2.86. The smallest absolute Gasteiger partial charge is 0.331 e. The van der Waals surface area contributed by atoms with Crippen LogP contribution in [0.5, 0.6) is 0 Å². The van der Waals surface area contributed by atoms with Crippen molar-refractivity contribution in [2.45, 2.75) is 275 Å². The first-order valence-corrected chi connectivity index (χ1v) is 84.6. The van der Waals surface area contributed by atoms with E-state index in [1.54, 1.807) is 131 Å². The second-order valence-corrected chi connectivity index (χ2v) is 94.3. The van der Waals surface area contributed by atoms with Crippen molar-refractivity contribution in [2.24, 2.45) is 22.9 Å². The van der Waals surface area contributed by atoms with Gasteiger partial charge in [-0.15, -0.1) is 0 Å². The summed E-state index contributed by atoms with van der Waals surface area (Å²) in [5.74, 6) is 0.